The highest BCUT2D eigenvalue weighted by Crippen LogP contribution is 2.10. The lowest BCUT2D eigenvalue weighted by atomic mass is 10.4. The summed E-state index contributed by atoms with van der Waals surface area (Å²) >= 11 is 1.57. The molecule has 0 aliphatic rings. The number of carbonyl (C=O) groups is 1. The van der Waals surface area contributed by atoms with E-state index < -0.39 is 0 Å². The number of aromatic nitrogens is 3. The molecule has 0 fully saturated rings. The smallest absolute Gasteiger partial charge is 0.271 e. The summed E-state index contributed by atoms with van der Waals surface area (Å²) in [5.74, 6) is -0.196. The Balaban J connectivity index is 1.90. The summed E-state index contributed by atoms with van der Waals surface area (Å²) < 4.78 is 1.79. The lowest BCUT2D eigenvalue weighted by molar-refractivity contribution is 0.0946. The van der Waals surface area contributed by atoms with Gasteiger partial charge in [-0.05, 0) is 6.92 Å². The average Bonchev–Trinajstić information content (AvgIpc) is 2.96. The molecule has 2 heterocycles. The first-order chi connectivity index (χ1) is 8.69. The maximum absolute atomic E-state index is 11.8. The molecule has 3 N–H and O–H groups in total. The Hall–Kier alpha value is -1.73. The third-order valence-electron chi connectivity index (χ3n) is 2.32. The van der Waals surface area contributed by atoms with Crippen molar-refractivity contribution >= 4 is 17.2 Å². The molecule has 0 unspecified atom stereocenters. The van der Waals surface area contributed by atoms with Gasteiger partial charge >= 0.3 is 0 Å². The van der Waals surface area contributed by atoms with Gasteiger partial charge in [0, 0.05) is 30.4 Å². The largest absolute Gasteiger partial charge is 0.344 e. The van der Waals surface area contributed by atoms with Crippen LogP contribution in [-0.4, -0.2) is 27.0 Å². The Bertz CT molecular complexity index is 533. The van der Waals surface area contributed by atoms with E-state index >= 15 is 0 Å². The van der Waals surface area contributed by atoms with Gasteiger partial charge in [-0.3, -0.25) is 4.79 Å². The molecular weight excluding hydrogens is 250 g/mol. The van der Waals surface area contributed by atoms with E-state index in [1.807, 2.05) is 6.92 Å². The van der Waals surface area contributed by atoms with Gasteiger partial charge in [-0.15, -0.1) is 11.3 Å². The van der Waals surface area contributed by atoms with Gasteiger partial charge in [0.05, 0.1) is 12.9 Å². The van der Waals surface area contributed by atoms with Gasteiger partial charge in [0.2, 0.25) is 0 Å². The maximum atomic E-state index is 11.8. The minimum Gasteiger partial charge on any atom is -0.344 e. The van der Waals surface area contributed by atoms with Crippen molar-refractivity contribution in [3.05, 3.63) is 34.3 Å². The van der Waals surface area contributed by atoms with Crippen molar-refractivity contribution in [3.63, 3.8) is 0 Å². The van der Waals surface area contributed by atoms with E-state index in [4.69, 9.17) is 5.73 Å². The van der Waals surface area contributed by atoms with Gasteiger partial charge in [0.15, 0.2) is 0 Å². The van der Waals surface area contributed by atoms with E-state index in [2.05, 4.69) is 15.3 Å². The second kappa shape index (κ2) is 5.74. The fourth-order valence-electron chi connectivity index (χ4n) is 1.48. The van der Waals surface area contributed by atoms with Gasteiger partial charge in [0.1, 0.15) is 10.7 Å². The summed E-state index contributed by atoms with van der Waals surface area (Å²) in [7, 11) is 0. The number of nitrogens with zero attached hydrogens (tertiary/aromatic N) is 3. The minimum atomic E-state index is -0.196. The standard InChI is InChI=1S/C11H15N5OS/c1-8-4-13-10(18-8)5-14-11(17)9-6-16(3-2-12)7-15-9/h4,6-7H,2-3,5,12H2,1H3,(H,14,17). The van der Waals surface area contributed by atoms with Crippen LogP contribution in [0.5, 0.6) is 0 Å². The van der Waals surface area contributed by atoms with E-state index in [-0.39, 0.29) is 5.91 Å². The van der Waals surface area contributed by atoms with Crippen LogP contribution in [-0.2, 0) is 13.1 Å². The average molecular weight is 265 g/mol. The number of imidazole rings is 1. The molecule has 18 heavy (non-hydrogen) atoms. The molecule has 2 aromatic rings. The molecule has 7 heteroatoms. The second-order valence-electron chi connectivity index (χ2n) is 3.83. The Kier molecular flexibility index (Phi) is 4.06. The molecule has 0 aliphatic carbocycles. The van der Waals surface area contributed by atoms with E-state index in [0.717, 1.165) is 9.88 Å². The molecule has 0 aliphatic heterocycles. The summed E-state index contributed by atoms with van der Waals surface area (Å²) in [5.41, 5.74) is 5.83. The van der Waals surface area contributed by atoms with Crippen molar-refractivity contribution in [1.82, 2.24) is 19.9 Å². The van der Waals surface area contributed by atoms with Crippen LogP contribution in [0.2, 0.25) is 0 Å². The van der Waals surface area contributed by atoms with Crippen LogP contribution in [0, 0.1) is 6.92 Å². The third-order valence-corrected chi connectivity index (χ3v) is 3.24. The van der Waals surface area contributed by atoms with Gasteiger partial charge < -0.3 is 15.6 Å². The first-order valence-corrected chi connectivity index (χ1v) is 6.42. The first-order valence-electron chi connectivity index (χ1n) is 5.60. The highest BCUT2D eigenvalue weighted by atomic mass is 32.1. The van der Waals surface area contributed by atoms with Gasteiger partial charge in [-0.2, -0.15) is 0 Å². The zero-order chi connectivity index (χ0) is 13.0. The van der Waals surface area contributed by atoms with Crippen molar-refractivity contribution in [2.24, 2.45) is 5.73 Å². The normalized spacial score (nSPS) is 10.6. The number of hydrogen-bond donors (Lipinski definition) is 2. The molecule has 0 spiro atoms. The highest BCUT2D eigenvalue weighted by Gasteiger charge is 2.09. The Morgan fingerprint density at radius 3 is 3.06 bits per heavy atom. The quantitative estimate of drug-likeness (QED) is 0.826. The number of carbonyl (C=O) groups excluding carboxylic acids is 1. The van der Waals surface area contributed by atoms with Crippen LogP contribution in [0.15, 0.2) is 18.7 Å². The van der Waals surface area contributed by atoms with E-state index in [0.29, 0.717) is 25.3 Å². The lowest BCUT2D eigenvalue weighted by Gasteiger charge is -1.99. The number of nitrogens with two attached hydrogens (primary N) is 1. The number of rotatable bonds is 5. The molecule has 0 aromatic carbocycles. The molecule has 0 bridgehead atoms. The Morgan fingerprint density at radius 2 is 2.39 bits per heavy atom. The Labute approximate surface area is 109 Å². The van der Waals surface area contributed by atoms with Gasteiger partial charge in [-0.1, -0.05) is 0 Å². The minimum absolute atomic E-state index is 0.196. The Morgan fingerprint density at radius 1 is 1.56 bits per heavy atom. The molecule has 1 amide bonds. The monoisotopic (exact) mass is 265 g/mol. The van der Waals surface area contributed by atoms with Crippen LogP contribution in [0.3, 0.4) is 0 Å². The molecule has 0 radical (unpaired) electrons. The summed E-state index contributed by atoms with van der Waals surface area (Å²) in [6.45, 7) is 3.60. The SMILES string of the molecule is Cc1cnc(CNC(=O)c2cn(CCN)cn2)s1. The van der Waals surface area contributed by atoms with E-state index in [1.165, 1.54) is 0 Å². The number of thiazole rings is 1. The van der Waals surface area contributed by atoms with Crippen molar-refractivity contribution in [3.8, 4) is 0 Å². The number of nitrogens with one attached hydrogen (secondary N) is 1. The number of hydrogen-bond acceptors (Lipinski definition) is 5. The van der Waals surface area contributed by atoms with Crippen LogP contribution >= 0.6 is 11.3 Å². The molecule has 0 saturated heterocycles. The summed E-state index contributed by atoms with van der Waals surface area (Å²) in [4.78, 5) is 21.1. The number of aryl methyl sites for hydroxylation is 1. The summed E-state index contributed by atoms with van der Waals surface area (Å²) in [5, 5.41) is 3.68. The van der Waals surface area contributed by atoms with Crippen molar-refractivity contribution in [2.45, 2.75) is 20.0 Å². The maximum Gasteiger partial charge on any atom is 0.271 e. The molecule has 96 valence electrons. The molecule has 2 aromatic heterocycles. The van der Waals surface area contributed by atoms with Crippen LogP contribution in [0.1, 0.15) is 20.4 Å². The molecule has 2 rings (SSSR count). The zero-order valence-corrected chi connectivity index (χ0v) is 10.9. The van der Waals surface area contributed by atoms with E-state index in [1.54, 1.807) is 34.6 Å². The highest BCUT2D eigenvalue weighted by molar-refractivity contribution is 7.11. The van der Waals surface area contributed by atoms with E-state index in [9.17, 15) is 4.79 Å². The first kappa shape index (κ1) is 12.7. The van der Waals surface area contributed by atoms with Crippen LogP contribution in [0.25, 0.3) is 0 Å². The third kappa shape index (κ3) is 3.14. The van der Waals surface area contributed by atoms with Crippen LogP contribution in [0.4, 0.5) is 0 Å². The van der Waals surface area contributed by atoms with Crippen LogP contribution < -0.4 is 11.1 Å². The topological polar surface area (TPSA) is 85.8 Å². The molecule has 6 nitrogen and oxygen atoms in total. The predicted molar refractivity (Wildman–Crippen MR) is 69.3 cm³/mol. The summed E-state index contributed by atoms with van der Waals surface area (Å²) in [6, 6.07) is 0. The van der Waals surface area contributed by atoms with Crippen molar-refractivity contribution in [1.29, 1.82) is 0 Å². The molecule has 0 saturated carbocycles. The van der Waals surface area contributed by atoms with Crippen molar-refractivity contribution < 1.29 is 4.79 Å². The molecule has 0 atom stereocenters. The lowest BCUT2D eigenvalue weighted by Crippen LogP contribution is -2.23. The second-order valence-corrected chi connectivity index (χ2v) is 5.15. The van der Waals surface area contributed by atoms with Crippen molar-refractivity contribution in [2.75, 3.05) is 6.54 Å². The zero-order valence-electron chi connectivity index (χ0n) is 10.1. The number of amides is 1. The predicted octanol–water partition coefficient (Wildman–Crippen LogP) is 0.537. The van der Waals surface area contributed by atoms with Gasteiger partial charge in [0.25, 0.3) is 5.91 Å². The molecular formula is C11H15N5OS. The fraction of sp³-hybridized carbons (Fsp3) is 0.364. The summed E-state index contributed by atoms with van der Waals surface area (Å²) in [6.07, 6.45) is 5.09. The van der Waals surface area contributed by atoms with Gasteiger partial charge in [-0.25, -0.2) is 9.97 Å². The fourth-order valence-corrected chi connectivity index (χ4v) is 2.21.